The molecule has 0 radical (unpaired) electrons. The average molecular weight is 349 g/mol. The maximum atomic E-state index is 12.8. The third-order valence-corrected chi connectivity index (χ3v) is 4.90. The molecule has 25 heavy (non-hydrogen) atoms. The smallest absolute Gasteiger partial charge is 0.280 e. The first-order valence-corrected chi connectivity index (χ1v) is 8.26. The van der Waals surface area contributed by atoms with Gasteiger partial charge in [0.1, 0.15) is 0 Å². The minimum absolute atomic E-state index is 0.128. The summed E-state index contributed by atoms with van der Waals surface area (Å²) in [6, 6.07) is 15.2. The molecule has 1 N–H and O–H groups in total. The summed E-state index contributed by atoms with van der Waals surface area (Å²) in [6.07, 6.45) is 1.65. The highest BCUT2D eigenvalue weighted by molar-refractivity contribution is 6.30. The Morgan fingerprint density at radius 1 is 1.04 bits per heavy atom. The van der Waals surface area contributed by atoms with E-state index in [1.54, 1.807) is 18.3 Å². The standard InChI is InChI=1S/C19H13ClN4O/c1-23-15-5-3-2-4-13(15)16-18(23)17-14(10-21-16)19(25)24(22-17)12-8-6-11(20)7-9-12/h2-10,22H,1H3. The maximum absolute atomic E-state index is 12.8. The predicted octanol–water partition coefficient (Wildman–Crippen LogP) is 4.01. The average Bonchev–Trinajstić information content (AvgIpc) is 3.12. The highest BCUT2D eigenvalue weighted by atomic mass is 35.5. The molecule has 5 aromatic rings. The van der Waals surface area contributed by atoms with E-state index < -0.39 is 0 Å². The zero-order chi connectivity index (χ0) is 17.1. The van der Waals surface area contributed by atoms with E-state index in [2.05, 4.69) is 20.7 Å². The van der Waals surface area contributed by atoms with Crippen LogP contribution in [0.15, 0.2) is 59.5 Å². The Labute approximate surface area is 147 Å². The molecule has 6 heteroatoms. The molecule has 0 bridgehead atoms. The van der Waals surface area contributed by atoms with Crippen LogP contribution in [0.2, 0.25) is 5.02 Å². The van der Waals surface area contributed by atoms with Crippen molar-refractivity contribution >= 4 is 44.4 Å². The van der Waals surface area contributed by atoms with Gasteiger partial charge in [0.2, 0.25) is 0 Å². The van der Waals surface area contributed by atoms with Crippen LogP contribution in [0.5, 0.6) is 0 Å². The first kappa shape index (κ1) is 14.3. The third-order valence-electron chi connectivity index (χ3n) is 4.65. The Bertz CT molecular complexity index is 1330. The highest BCUT2D eigenvalue weighted by Gasteiger charge is 2.17. The van der Waals surface area contributed by atoms with Crippen LogP contribution in [-0.2, 0) is 7.05 Å². The topological polar surface area (TPSA) is 55.6 Å². The fraction of sp³-hybridized carbons (Fsp3) is 0.0526. The van der Waals surface area contributed by atoms with Crippen LogP contribution in [0.4, 0.5) is 0 Å². The molecule has 3 heterocycles. The number of aromatic amines is 1. The maximum Gasteiger partial charge on any atom is 0.280 e. The van der Waals surface area contributed by atoms with Gasteiger partial charge in [0.15, 0.2) is 0 Å². The number of benzene rings is 2. The van der Waals surface area contributed by atoms with Gasteiger partial charge in [-0.3, -0.25) is 14.9 Å². The van der Waals surface area contributed by atoms with Crippen molar-refractivity contribution in [2.24, 2.45) is 7.05 Å². The lowest BCUT2D eigenvalue weighted by Crippen LogP contribution is -2.13. The van der Waals surface area contributed by atoms with Crippen LogP contribution >= 0.6 is 11.6 Å². The fourth-order valence-electron chi connectivity index (χ4n) is 3.44. The van der Waals surface area contributed by atoms with Gasteiger partial charge in [-0.2, -0.15) is 0 Å². The molecule has 0 aliphatic heterocycles. The van der Waals surface area contributed by atoms with Gasteiger partial charge in [-0.25, -0.2) is 4.68 Å². The third kappa shape index (κ3) is 1.90. The molecular formula is C19H13ClN4O. The molecule has 0 aliphatic rings. The van der Waals surface area contributed by atoms with Gasteiger partial charge in [-0.1, -0.05) is 29.8 Å². The monoisotopic (exact) mass is 348 g/mol. The lowest BCUT2D eigenvalue weighted by atomic mass is 10.2. The summed E-state index contributed by atoms with van der Waals surface area (Å²) in [6.45, 7) is 0. The number of pyridine rings is 1. The summed E-state index contributed by atoms with van der Waals surface area (Å²) in [4.78, 5) is 17.4. The van der Waals surface area contributed by atoms with E-state index in [-0.39, 0.29) is 5.56 Å². The minimum Gasteiger partial charge on any atom is -0.341 e. The van der Waals surface area contributed by atoms with E-state index in [4.69, 9.17) is 11.6 Å². The quantitative estimate of drug-likeness (QED) is 0.497. The van der Waals surface area contributed by atoms with E-state index in [0.29, 0.717) is 10.4 Å². The summed E-state index contributed by atoms with van der Waals surface area (Å²) in [5, 5.41) is 5.51. The summed E-state index contributed by atoms with van der Waals surface area (Å²) in [5.41, 5.74) is 4.27. The highest BCUT2D eigenvalue weighted by Crippen LogP contribution is 2.30. The van der Waals surface area contributed by atoms with Crippen LogP contribution in [0, 0.1) is 0 Å². The molecule has 5 rings (SSSR count). The molecule has 3 aromatic heterocycles. The van der Waals surface area contributed by atoms with Crippen molar-refractivity contribution in [1.29, 1.82) is 0 Å². The van der Waals surface area contributed by atoms with Gasteiger partial charge in [-0.15, -0.1) is 0 Å². The number of H-pyrrole nitrogens is 1. The Hall–Kier alpha value is -3.05. The van der Waals surface area contributed by atoms with Crippen molar-refractivity contribution in [3.8, 4) is 5.69 Å². The fourth-order valence-corrected chi connectivity index (χ4v) is 3.57. The summed E-state index contributed by atoms with van der Waals surface area (Å²) >= 11 is 5.95. The van der Waals surface area contributed by atoms with Crippen LogP contribution < -0.4 is 5.56 Å². The molecule has 122 valence electrons. The van der Waals surface area contributed by atoms with E-state index >= 15 is 0 Å². The number of aromatic nitrogens is 4. The lowest BCUT2D eigenvalue weighted by Gasteiger charge is -2.01. The number of hydrogen-bond donors (Lipinski definition) is 1. The second-order valence-corrected chi connectivity index (χ2v) is 6.49. The van der Waals surface area contributed by atoms with Crippen molar-refractivity contribution < 1.29 is 0 Å². The molecule has 0 amide bonds. The summed E-state index contributed by atoms with van der Waals surface area (Å²) < 4.78 is 3.60. The first-order valence-electron chi connectivity index (χ1n) is 7.88. The summed E-state index contributed by atoms with van der Waals surface area (Å²) in [7, 11) is 1.99. The molecule has 2 aromatic carbocycles. The minimum atomic E-state index is -0.128. The molecule has 0 spiro atoms. The van der Waals surface area contributed by atoms with Gasteiger partial charge in [-0.05, 0) is 30.3 Å². The van der Waals surface area contributed by atoms with Crippen molar-refractivity contribution in [3.63, 3.8) is 0 Å². The zero-order valence-electron chi connectivity index (χ0n) is 13.3. The zero-order valence-corrected chi connectivity index (χ0v) is 14.1. The number of aryl methyl sites for hydroxylation is 1. The molecular weight excluding hydrogens is 336 g/mol. The number of nitrogens with one attached hydrogen (secondary N) is 1. The molecule has 0 atom stereocenters. The molecule has 5 nitrogen and oxygen atoms in total. The predicted molar refractivity (Wildman–Crippen MR) is 101 cm³/mol. The van der Waals surface area contributed by atoms with Crippen molar-refractivity contribution in [2.75, 3.05) is 0 Å². The number of nitrogens with zero attached hydrogens (tertiary/aromatic N) is 3. The SMILES string of the molecule is Cn1c2ccccc2c2ncc3c(=O)n(-c4ccc(Cl)cc4)[nH]c3c21. The van der Waals surface area contributed by atoms with Gasteiger partial charge in [0.05, 0.1) is 33.1 Å². The first-order chi connectivity index (χ1) is 12.1. The van der Waals surface area contributed by atoms with Gasteiger partial charge < -0.3 is 4.57 Å². The van der Waals surface area contributed by atoms with Gasteiger partial charge in [0.25, 0.3) is 5.56 Å². The Balaban J connectivity index is 1.92. The summed E-state index contributed by atoms with van der Waals surface area (Å²) in [5.74, 6) is 0. The van der Waals surface area contributed by atoms with Crippen molar-refractivity contribution in [1.82, 2.24) is 19.3 Å². The van der Waals surface area contributed by atoms with Gasteiger partial charge in [0, 0.05) is 23.7 Å². The molecule has 0 fully saturated rings. The normalized spacial score (nSPS) is 11.8. The molecule has 0 aliphatic carbocycles. The van der Waals surface area contributed by atoms with E-state index in [9.17, 15) is 4.79 Å². The van der Waals surface area contributed by atoms with E-state index in [0.717, 1.165) is 33.1 Å². The number of fused-ring (bicyclic) bond motifs is 5. The number of rotatable bonds is 1. The van der Waals surface area contributed by atoms with Crippen LogP contribution in [0.1, 0.15) is 0 Å². The van der Waals surface area contributed by atoms with Crippen LogP contribution in [-0.4, -0.2) is 19.3 Å². The largest absolute Gasteiger partial charge is 0.341 e. The van der Waals surface area contributed by atoms with Crippen molar-refractivity contribution in [2.45, 2.75) is 0 Å². The van der Waals surface area contributed by atoms with E-state index in [1.165, 1.54) is 4.68 Å². The second-order valence-electron chi connectivity index (χ2n) is 6.05. The lowest BCUT2D eigenvalue weighted by molar-refractivity contribution is 0.863. The molecule has 0 saturated carbocycles. The second kappa shape index (κ2) is 4.97. The molecule has 0 unspecified atom stereocenters. The number of hydrogen-bond acceptors (Lipinski definition) is 2. The Morgan fingerprint density at radius 2 is 1.80 bits per heavy atom. The van der Waals surface area contributed by atoms with Crippen molar-refractivity contribution in [3.05, 3.63) is 70.1 Å². The Kier molecular flexibility index (Phi) is 2.85. The number of halogens is 1. The Morgan fingerprint density at radius 3 is 2.60 bits per heavy atom. The van der Waals surface area contributed by atoms with Crippen LogP contribution in [0.3, 0.4) is 0 Å². The van der Waals surface area contributed by atoms with E-state index in [1.807, 2.05) is 37.4 Å². The van der Waals surface area contributed by atoms with Gasteiger partial charge >= 0.3 is 0 Å². The van der Waals surface area contributed by atoms with Crippen LogP contribution in [0.25, 0.3) is 38.5 Å². The number of para-hydroxylation sites is 1. The molecule has 0 saturated heterocycles.